The van der Waals surface area contributed by atoms with Crippen molar-refractivity contribution in [1.29, 1.82) is 0 Å². The van der Waals surface area contributed by atoms with Crippen molar-refractivity contribution in [2.24, 2.45) is 12.8 Å². The van der Waals surface area contributed by atoms with Crippen LogP contribution in [0.2, 0.25) is 0 Å². The lowest BCUT2D eigenvalue weighted by atomic mass is 10.1. The largest absolute Gasteiger partial charge is 0.324 e. The van der Waals surface area contributed by atoms with Gasteiger partial charge in [-0.1, -0.05) is 30.8 Å². The van der Waals surface area contributed by atoms with Crippen molar-refractivity contribution in [3.05, 3.63) is 42.2 Å². The Morgan fingerprint density at radius 1 is 1.29 bits per heavy atom. The molecule has 0 spiro atoms. The van der Waals surface area contributed by atoms with Gasteiger partial charge in [-0.05, 0) is 24.1 Å². The van der Waals surface area contributed by atoms with Gasteiger partial charge in [0.05, 0.1) is 11.1 Å². The second-order valence-corrected chi connectivity index (χ2v) is 5.18. The van der Waals surface area contributed by atoms with E-state index in [9.17, 15) is 0 Å². The fourth-order valence-corrected chi connectivity index (χ4v) is 2.46. The summed E-state index contributed by atoms with van der Waals surface area (Å²) in [6.07, 6.45) is 4.85. The summed E-state index contributed by atoms with van der Waals surface area (Å²) in [6.45, 7) is 2.10. The normalized spacial score (nSPS) is 12.6. The molecule has 90 valence electrons. The molecule has 1 heterocycles. The summed E-state index contributed by atoms with van der Waals surface area (Å²) in [6, 6.07) is 8.58. The molecule has 0 fully saturated rings. The highest BCUT2D eigenvalue weighted by molar-refractivity contribution is 7.99. The maximum absolute atomic E-state index is 5.98. The first-order valence-electron chi connectivity index (χ1n) is 5.71. The standard InChI is InChI=1S/C13H17N3S/c1-3-13(14)10-4-6-11(7-5-10)17-12-8-15-16(2)9-12/h4-9,13H,3,14H2,1-2H3/t13-/m1/s1. The van der Waals surface area contributed by atoms with E-state index >= 15 is 0 Å². The zero-order chi connectivity index (χ0) is 12.3. The molecule has 1 atom stereocenters. The highest BCUT2D eigenvalue weighted by Gasteiger charge is 2.04. The molecule has 2 rings (SSSR count). The van der Waals surface area contributed by atoms with E-state index in [1.807, 2.05) is 24.1 Å². The van der Waals surface area contributed by atoms with Crippen molar-refractivity contribution in [2.75, 3.05) is 0 Å². The zero-order valence-corrected chi connectivity index (χ0v) is 10.9. The van der Waals surface area contributed by atoms with E-state index in [4.69, 9.17) is 5.73 Å². The SMILES string of the molecule is CC[C@@H](N)c1ccc(Sc2cnn(C)c2)cc1. The Hall–Kier alpha value is -1.26. The summed E-state index contributed by atoms with van der Waals surface area (Å²) in [5.74, 6) is 0. The lowest BCUT2D eigenvalue weighted by Gasteiger charge is -2.09. The Kier molecular flexibility index (Phi) is 3.86. The van der Waals surface area contributed by atoms with Gasteiger partial charge in [0.1, 0.15) is 0 Å². The van der Waals surface area contributed by atoms with Crippen molar-refractivity contribution in [3.8, 4) is 0 Å². The second-order valence-electron chi connectivity index (χ2n) is 4.04. The third kappa shape index (κ3) is 3.11. The van der Waals surface area contributed by atoms with Crippen molar-refractivity contribution in [3.63, 3.8) is 0 Å². The quantitative estimate of drug-likeness (QED) is 0.903. The van der Waals surface area contributed by atoms with Gasteiger partial charge < -0.3 is 5.73 Å². The molecule has 3 nitrogen and oxygen atoms in total. The molecule has 1 aromatic carbocycles. The van der Waals surface area contributed by atoms with E-state index in [-0.39, 0.29) is 6.04 Å². The number of nitrogens with zero attached hydrogens (tertiary/aromatic N) is 2. The predicted molar refractivity (Wildman–Crippen MR) is 71.0 cm³/mol. The topological polar surface area (TPSA) is 43.8 Å². The first-order valence-corrected chi connectivity index (χ1v) is 6.52. The Morgan fingerprint density at radius 2 is 2.00 bits per heavy atom. The molecule has 0 bridgehead atoms. The van der Waals surface area contributed by atoms with Crippen molar-refractivity contribution >= 4 is 11.8 Å². The highest BCUT2D eigenvalue weighted by atomic mass is 32.2. The molecule has 0 aliphatic heterocycles. The van der Waals surface area contributed by atoms with Gasteiger partial charge in [-0.3, -0.25) is 4.68 Å². The van der Waals surface area contributed by atoms with Crippen LogP contribution in [0, 0.1) is 0 Å². The molecule has 0 aliphatic carbocycles. The molecule has 0 amide bonds. The van der Waals surface area contributed by atoms with Crippen LogP contribution in [0.1, 0.15) is 24.9 Å². The van der Waals surface area contributed by atoms with Crippen LogP contribution in [0.15, 0.2) is 46.5 Å². The Morgan fingerprint density at radius 3 is 2.53 bits per heavy atom. The number of benzene rings is 1. The smallest absolute Gasteiger partial charge is 0.0629 e. The van der Waals surface area contributed by atoms with Gasteiger partial charge in [0.25, 0.3) is 0 Å². The summed E-state index contributed by atoms with van der Waals surface area (Å²) in [5, 5.41) is 4.15. The third-order valence-electron chi connectivity index (χ3n) is 2.66. The van der Waals surface area contributed by atoms with Crippen LogP contribution in [0.25, 0.3) is 0 Å². The van der Waals surface area contributed by atoms with E-state index in [1.54, 1.807) is 11.8 Å². The maximum Gasteiger partial charge on any atom is 0.0629 e. The Labute approximate surface area is 106 Å². The first-order chi connectivity index (χ1) is 8.19. The van der Waals surface area contributed by atoms with Crippen LogP contribution in [-0.4, -0.2) is 9.78 Å². The van der Waals surface area contributed by atoms with E-state index in [0.717, 1.165) is 11.3 Å². The lowest BCUT2D eigenvalue weighted by molar-refractivity contribution is 0.698. The average molecular weight is 247 g/mol. The van der Waals surface area contributed by atoms with E-state index in [2.05, 4.69) is 36.3 Å². The Balaban J connectivity index is 2.08. The van der Waals surface area contributed by atoms with Crippen LogP contribution in [-0.2, 0) is 7.05 Å². The van der Waals surface area contributed by atoms with Crippen molar-refractivity contribution in [1.82, 2.24) is 9.78 Å². The predicted octanol–water partition coefficient (Wildman–Crippen LogP) is 2.98. The van der Waals surface area contributed by atoms with Crippen molar-refractivity contribution in [2.45, 2.75) is 29.2 Å². The minimum absolute atomic E-state index is 0.146. The molecule has 4 heteroatoms. The zero-order valence-electron chi connectivity index (χ0n) is 10.1. The molecule has 2 N–H and O–H groups in total. The number of hydrogen-bond donors (Lipinski definition) is 1. The first kappa shape index (κ1) is 12.2. The van der Waals surface area contributed by atoms with Crippen LogP contribution in [0.4, 0.5) is 0 Å². The van der Waals surface area contributed by atoms with E-state index < -0.39 is 0 Å². The number of rotatable bonds is 4. The van der Waals surface area contributed by atoms with Crippen LogP contribution < -0.4 is 5.73 Å². The molecule has 0 radical (unpaired) electrons. The number of hydrogen-bond acceptors (Lipinski definition) is 3. The number of aromatic nitrogens is 2. The summed E-state index contributed by atoms with van der Waals surface area (Å²) in [4.78, 5) is 2.37. The fraction of sp³-hybridized carbons (Fsp3) is 0.308. The number of aryl methyl sites for hydroxylation is 1. The molecule has 0 aliphatic rings. The van der Waals surface area contributed by atoms with Crippen LogP contribution in [0.5, 0.6) is 0 Å². The van der Waals surface area contributed by atoms with E-state index in [0.29, 0.717) is 0 Å². The maximum atomic E-state index is 5.98. The van der Waals surface area contributed by atoms with Crippen molar-refractivity contribution < 1.29 is 0 Å². The highest BCUT2D eigenvalue weighted by Crippen LogP contribution is 2.28. The molecule has 0 unspecified atom stereocenters. The molecule has 1 aromatic heterocycles. The van der Waals surface area contributed by atoms with Gasteiger partial charge in [0, 0.05) is 24.2 Å². The minimum Gasteiger partial charge on any atom is -0.324 e. The minimum atomic E-state index is 0.146. The van der Waals surface area contributed by atoms with Gasteiger partial charge in [-0.25, -0.2) is 0 Å². The molecular formula is C13H17N3S. The summed E-state index contributed by atoms with van der Waals surface area (Å²) < 4.78 is 1.81. The third-order valence-corrected chi connectivity index (χ3v) is 3.62. The monoisotopic (exact) mass is 247 g/mol. The molecule has 0 saturated heterocycles. The van der Waals surface area contributed by atoms with Gasteiger partial charge >= 0.3 is 0 Å². The lowest BCUT2D eigenvalue weighted by Crippen LogP contribution is -2.07. The van der Waals surface area contributed by atoms with Crippen LogP contribution in [0.3, 0.4) is 0 Å². The van der Waals surface area contributed by atoms with Gasteiger partial charge in [0.2, 0.25) is 0 Å². The molecular weight excluding hydrogens is 230 g/mol. The summed E-state index contributed by atoms with van der Waals surface area (Å²) in [5.41, 5.74) is 7.18. The summed E-state index contributed by atoms with van der Waals surface area (Å²) >= 11 is 1.71. The van der Waals surface area contributed by atoms with Gasteiger partial charge in [-0.2, -0.15) is 5.10 Å². The Bertz CT molecular complexity index is 476. The van der Waals surface area contributed by atoms with Gasteiger partial charge in [-0.15, -0.1) is 0 Å². The fourth-order valence-electron chi connectivity index (χ4n) is 1.61. The molecule has 0 saturated carbocycles. The average Bonchev–Trinajstić information content (AvgIpc) is 2.75. The number of nitrogens with two attached hydrogens (primary N) is 1. The second kappa shape index (κ2) is 5.38. The van der Waals surface area contributed by atoms with Crippen LogP contribution >= 0.6 is 11.8 Å². The molecule has 2 aromatic rings. The van der Waals surface area contributed by atoms with E-state index in [1.165, 1.54) is 10.5 Å². The molecule has 17 heavy (non-hydrogen) atoms. The summed E-state index contributed by atoms with van der Waals surface area (Å²) in [7, 11) is 1.92. The van der Waals surface area contributed by atoms with Gasteiger partial charge in [0.15, 0.2) is 0 Å².